The molecule has 0 bridgehead atoms. The van der Waals surface area contributed by atoms with Gasteiger partial charge in [0.1, 0.15) is 0 Å². The molecule has 30 heavy (non-hydrogen) atoms. The highest BCUT2D eigenvalue weighted by Crippen LogP contribution is 2.32. The van der Waals surface area contributed by atoms with Gasteiger partial charge in [-0.15, -0.1) is 11.3 Å². The predicted octanol–water partition coefficient (Wildman–Crippen LogP) is 6.57. The van der Waals surface area contributed by atoms with E-state index in [2.05, 4.69) is 10.3 Å². The Labute approximate surface area is 189 Å². The van der Waals surface area contributed by atoms with Gasteiger partial charge in [-0.3, -0.25) is 10.1 Å². The molecule has 3 rings (SSSR count). The second-order valence-corrected chi connectivity index (χ2v) is 7.76. The highest BCUT2D eigenvalue weighted by atomic mass is 35.5. The van der Waals surface area contributed by atoms with Gasteiger partial charge < -0.3 is 9.47 Å². The smallest absolute Gasteiger partial charge is 0.250 e. The molecule has 0 atom stereocenters. The minimum absolute atomic E-state index is 0.287. The summed E-state index contributed by atoms with van der Waals surface area (Å²) in [5.41, 5.74) is 2.25. The SMILES string of the molecule is CCOc1ccc(C=CC(=O)Nc2nc(-c3ccc(Cl)cc3Cl)cs2)cc1OCC. The van der Waals surface area contributed by atoms with Crippen molar-refractivity contribution >= 4 is 51.7 Å². The average molecular weight is 463 g/mol. The quantitative estimate of drug-likeness (QED) is 0.384. The maximum Gasteiger partial charge on any atom is 0.250 e. The first-order valence-corrected chi connectivity index (χ1v) is 10.9. The van der Waals surface area contributed by atoms with E-state index in [1.54, 1.807) is 24.3 Å². The Morgan fingerprint density at radius 2 is 1.87 bits per heavy atom. The zero-order valence-electron chi connectivity index (χ0n) is 16.4. The third-order valence-corrected chi connectivity index (χ3v) is 5.24. The van der Waals surface area contributed by atoms with Crippen molar-refractivity contribution in [2.24, 2.45) is 0 Å². The second-order valence-electron chi connectivity index (χ2n) is 6.06. The molecule has 0 saturated carbocycles. The molecule has 0 unspecified atom stereocenters. The molecule has 2 aromatic carbocycles. The van der Waals surface area contributed by atoms with Gasteiger partial charge in [0, 0.05) is 22.0 Å². The van der Waals surface area contributed by atoms with Crippen molar-refractivity contribution in [3.63, 3.8) is 0 Å². The van der Waals surface area contributed by atoms with Crippen LogP contribution < -0.4 is 14.8 Å². The molecule has 1 amide bonds. The molecule has 0 aliphatic rings. The Morgan fingerprint density at radius 3 is 2.60 bits per heavy atom. The van der Waals surface area contributed by atoms with Crippen LogP contribution in [0.15, 0.2) is 47.9 Å². The number of halogens is 2. The van der Waals surface area contributed by atoms with Gasteiger partial charge in [-0.1, -0.05) is 29.3 Å². The van der Waals surface area contributed by atoms with Gasteiger partial charge in [0.05, 0.1) is 23.9 Å². The number of ether oxygens (including phenoxy) is 2. The van der Waals surface area contributed by atoms with Crippen LogP contribution in [0.2, 0.25) is 10.0 Å². The van der Waals surface area contributed by atoms with Crippen LogP contribution in [-0.2, 0) is 4.79 Å². The van der Waals surface area contributed by atoms with Crippen LogP contribution in [0.5, 0.6) is 11.5 Å². The Hall–Kier alpha value is -2.54. The number of aromatic nitrogens is 1. The molecule has 0 aliphatic carbocycles. The molecule has 1 heterocycles. The summed E-state index contributed by atoms with van der Waals surface area (Å²) in [4.78, 5) is 16.7. The van der Waals surface area contributed by atoms with Crippen LogP contribution in [0.1, 0.15) is 19.4 Å². The molecule has 8 heteroatoms. The second kappa shape index (κ2) is 10.5. The molecular weight excluding hydrogens is 443 g/mol. The van der Waals surface area contributed by atoms with E-state index in [1.807, 2.05) is 37.4 Å². The van der Waals surface area contributed by atoms with Gasteiger partial charge in [-0.05, 0) is 55.8 Å². The Balaban J connectivity index is 1.68. The average Bonchev–Trinajstić information content (AvgIpc) is 3.16. The molecule has 0 radical (unpaired) electrons. The third-order valence-electron chi connectivity index (χ3n) is 3.94. The van der Waals surface area contributed by atoms with Crippen molar-refractivity contribution in [1.82, 2.24) is 4.98 Å². The van der Waals surface area contributed by atoms with Crippen LogP contribution in [0, 0.1) is 0 Å². The van der Waals surface area contributed by atoms with Crippen LogP contribution in [0.3, 0.4) is 0 Å². The fraction of sp³-hybridized carbons (Fsp3) is 0.182. The van der Waals surface area contributed by atoms with E-state index in [-0.39, 0.29) is 5.91 Å². The highest BCUT2D eigenvalue weighted by molar-refractivity contribution is 7.14. The molecule has 0 aliphatic heterocycles. The van der Waals surface area contributed by atoms with Crippen molar-refractivity contribution in [2.45, 2.75) is 13.8 Å². The third kappa shape index (κ3) is 5.75. The molecule has 1 aromatic heterocycles. The minimum Gasteiger partial charge on any atom is -0.490 e. The maximum absolute atomic E-state index is 12.3. The largest absolute Gasteiger partial charge is 0.490 e. The van der Waals surface area contributed by atoms with E-state index in [9.17, 15) is 4.79 Å². The first-order chi connectivity index (χ1) is 14.5. The summed E-state index contributed by atoms with van der Waals surface area (Å²) in [5.74, 6) is 1.04. The standard InChI is InChI=1S/C22H20Cl2N2O3S/c1-3-28-19-9-5-14(11-20(19)29-4-2)6-10-21(27)26-22-25-18(13-30-22)16-8-7-15(23)12-17(16)24/h5-13H,3-4H2,1-2H3,(H,25,26,27). The number of rotatable bonds is 8. The van der Waals surface area contributed by atoms with Crippen molar-refractivity contribution in [1.29, 1.82) is 0 Å². The van der Waals surface area contributed by atoms with Gasteiger partial charge in [0.15, 0.2) is 16.6 Å². The van der Waals surface area contributed by atoms with Gasteiger partial charge in [-0.2, -0.15) is 0 Å². The fourth-order valence-electron chi connectivity index (χ4n) is 2.64. The first kappa shape index (κ1) is 22.2. The van der Waals surface area contributed by atoms with E-state index in [4.69, 9.17) is 32.7 Å². The molecule has 5 nitrogen and oxygen atoms in total. The van der Waals surface area contributed by atoms with Crippen LogP contribution in [0.4, 0.5) is 5.13 Å². The Bertz CT molecular complexity index is 1070. The van der Waals surface area contributed by atoms with Crippen molar-refractivity contribution in [3.8, 4) is 22.8 Å². The van der Waals surface area contributed by atoms with E-state index >= 15 is 0 Å². The molecule has 0 fully saturated rings. The Kier molecular flexibility index (Phi) is 7.74. The van der Waals surface area contributed by atoms with Crippen molar-refractivity contribution < 1.29 is 14.3 Å². The lowest BCUT2D eigenvalue weighted by molar-refractivity contribution is -0.111. The summed E-state index contributed by atoms with van der Waals surface area (Å²) < 4.78 is 11.2. The lowest BCUT2D eigenvalue weighted by Crippen LogP contribution is -2.07. The normalized spacial score (nSPS) is 10.9. The number of amides is 1. The predicted molar refractivity (Wildman–Crippen MR) is 124 cm³/mol. The number of thiazole rings is 1. The first-order valence-electron chi connectivity index (χ1n) is 9.29. The number of benzene rings is 2. The topological polar surface area (TPSA) is 60.5 Å². The number of nitrogens with one attached hydrogen (secondary N) is 1. The highest BCUT2D eigenvalue weighted by Gasteiger charge is 2.10. The minimum atomic E-state index is -0.287. The summed E-state index contributed by atoms with van der Waals surface area (Å²) >= 11 is 13.5. The molecule has 0 spiro atoms. The van der Waals surface area contributed by atoms with E-state index in [0.717, 1.165) is 11.1 Å². The monoisotopic (exact) mass is 462 g/mol. The zero-order valence-corrected chi connectivity index (χ0v) is 18.8. The van der Waals surface area contributed by atoms with Gasteiger partial charge >= 0.3 is 0 Å². The number of hydrogen-bond acceptors (Lipinski definition) is 5. The van der Waals surface area contributed by atoms with E-state index in [1.165, 1.54) is 17.4 Å². The summed E-state index contributed by atoms with van der Waals surface area (Å²) in [6.07, 6.45) is 3.15. The number of anilines is 1. The lowest BCUT2D eigenvalue weighted by atomic mass is 10.2. The molecular formula is C22H20Cl2N2O3S. The number of carbonyl (C=O) groups excluding carboxylic acids is 1. The van der Waals surface area contributed by atoms with Crippen LogP contribution >= 0.6 is 34.5 Å². The van der Waals surface area contributed by atoms with E-state index in [0.29, 0.717) is 45.6 Å². The molecule has 156 valence electrons. The van der Waals surface area contributed by atoms with Gasteiger partial charge in [0.25, 0.3) is 0 Å². The van der Waals surface area contributed by atoms with Gasteiger partial charge in [0.2, 0.25) is 5.91 Å². The number of hydrogen-bond donors (Lipinski definition) is 1. The fourth-order valence-corrected chi connectivity index (χ4v) is 3.86. The molecule has 0 saturated heterocycles. The summed E-state index contributed by atoms with van der Waals surface area (Å²) in [6, 6.07) is 10.7. The Morgan fingerprint density at radius 1 is 1.10 bits per heavy atom. The zero-order chi connectivity index (χ0) is 21.5. The van der Waals surface area contributed by atoms with Crippen LogP contribution in [-0.4, -0.2) is 24.1 Å². The summed E-state index contributed by atoms with van der Waals surface area (Å²) in [7, 11) is 0. The van der Waals surface area contributed by atoms with Crippen molar-refractivity contribution in [3.05, 3.63) is 63.5 Å². The molecule has 1 N–H and O–H groups in total. The lowest BCUT2D eigenvalue weighted by Gasteiger charge is -2.11. The number of nitrogens with zero attached hydrogens (tertiary/aromatic N) is 1. The summed E-state index contributed by atoms with van der Waals surface area (Å²) in [5, 5.41) is 6.13. The summed E-state index contributed by atoms with van der Waals surface area (Å²) in [6.45, 7) is 4.90. The molecule has 3 aromatic rings. The van der Waals surface area contributed by atoms with Gasteiger partial charge in [-0.25, -0.2) is 4.98 Å². The van der Waals surface area contributed by atoms with Crippen molar-refractivity contribution in [2.75, 3.05) is 18.5 Å². The number of carbonyl (C=O) groups is 1. The maximum atomic E-state index is 12.3. The van der Waals surface area contributed by atoms with E-state index < -0.39 is 0 Å². The van der Waals surface area contributed by atoms with Crippen LogP contribution in [0.25, 0.3) is 17.3 Å².